The molecule has 4 rings (SSSR count). The zero-order chi connectivity index (χ0) is 18.8. The van der Waals surface area contributed by atoms with E-state index in [9.17, 15) is 4.79 Å². The average Bonchev–Trinajstić information content (AvgIpc) is 3.10. The number of fused-ring (bicyclic) bond motifs is 1. The van der Waals surface area contributed by atoms with Crippen molar-refractivity contribution in [3.8, 4) is 0 Å². The summed E-state index contributed by atoms with van der Waals surface area (Å²) >= 11 is 0. The number of benzene rings is 3. The van der Waals surface area contributed by atoms with Crippen LogP contribution in [0.3, 0.4) is 0 Å². The molecule has 1 heterocycles. The normalized spacial score (nSPS) is 10.9. The summed E-state index contributed by atoms with van der Waals surface area (Å²) in [6, 6.07) is 19.7. The van der Waals surface area contributed by atoms with Crippen LogP contribution >= 0.6 is 0 Å². The molecule has 0 saturated heterocycles. The van der Waals surface area contributed by atoms with Crippen molar-refractivity contribution >= 4 is 22.7 Å². The van der Waals surface area contributed by atoms with Crippen LogP contribution in [0.15, 0.2) is 65.1 Å². The largest absolute Gasteiger partial charge is 0.407 e. The van der Waals surface area contributed by atoms with E-state index in [1.54, 1.807) is 6.07 Å². The van der Waals surface area contributed by atoms with Crippen LogP contribution in [0.4, 0.5) is 6.01 Å². The maximum absolute atomic E-state index is 12.6. The van der Waals surface area contributed by atoms with Gasteiger partial charge in [0.15, 0.2) is 0 Å². The number of carbonyl (C=O) groups excluding carboxylic acids is 1. The van der Waals surface area contributed by atoms with Gasteiger partial charge >= 0.3 is 6.01 Å². The van der Waals surface area contributed by atoms with Crippen molar-refractivity contribution in [2.24, 2.45) is 0 Å². The highest BCUT2D eigenvalue weighted by molar-refractivity contribution is 6.12. The maximum Gasteiger partial charge on any atom is 0.322 e. The second-order valence-corrected chi connectivity index (χ2v) is 6.59. The smallest absolute Gasteiger partial charge is 0.322 e. The summed E-state index contributed by atoms with van der Waals surface area (Å²) in [5.41, 5.74) is 4.08. The van der Waals surface area contributed by atoms with Crippen LogP contribution < -0.4 is 5.32 Å². The molecule has 1 N–H and O–H groups in total. The Balaban J connectivity index is 1.53. The Hall–Kier alpha value is -3.47. The average molecular weight is 357 g/mol. The molecule has 27 heavy (non-hydrogen) atoms. The molecule has 0 radical (unpaired) electrons. The number of carbonyl (C=O) groups is 1. The predicted molar refractivity (Wildman–Crippen MR) is 105 cm³/mol. The molecular weight excluding hydrogens is 338 g/mol. The lowest BCUT2D eigenvalue weighted by atomic mass is 10.0. The molecule has 0 atom stereocenters. The Labute approximate surface area is 157 Å². The van der Waals surface area contributed by atoms with Crippen molar-refractivity contribution in [3.63, 3.8) is 0 Å². The SMILES string of the molecule is Cc1ccc(Cc2nnc(NC(=O)c3cccc4ccccc34)o2)c(C)c1. The van der Waals surface area contributed by atoms with E-state index >= 15 is 0 Å². The zero-order valence-corrected chi connectivity index (χ0v) is 15.2. The van der Waals surface area contributed by atoms with Crippen molar-refractivity contribution in [2.75, 3.05) is 5.32 Å². The number of rotatable bonds is 4. The first-order chi connectivity index (χ1) is 13.1. The third-order valence-electron chi connectivity index (χ3n) is 4.56. The number of hydrogen-bond acceptors (Lipinski definition) is 4. The fourth-order valence-corrected chi connectivity index (χ4v) is 3.17. The molecule has 134 valence electrons. The molecule has 1 amide bonds. The van der Waals surface area contributed by atoms with Gasteiger partial charge in [-0.25, -0.2) is 0 Å². The van der Waals surface area contributed by atoms with Gasteiger partial charge in [0.25, 0.3) is 5.91 Å². The van der Waals surface area contributed by atoms with E-state index in [0.717, 1.165) is 16.3 Å². The number of hydrogen-bond donors (Lipinski definition) is 1. The molecule has 0 aliphatic heterocycles. The van der Waals surface area contributed by atoms with Gasteiger partial charge in [-0.1, -0.05) is 65.3 Å². The summed E-state index contributed by atoms with van der Waals surface area (Å²) in [6.45, 7) is 4.12. The quantitative estimate of drug-likeness (QED) is 0.576. The van der Waals surface area contributed by atoms with Gasteiger partial charge in [-0.15, -0.1) is 5.10 Å². The van der Waals surface area contributed by atoms with Crippen LogP contribution in [0.5, 0.6) is 0 Å². The summed E-state index contributed by atoms with van der Waals surface area (Å²) in [5.74, 6) is 0.198. The molecule has 0 saturated carbocycles. The number of nitrogens with zero attached hydrogens (tertiary/aromatic N) is 2. The van der Waals surface area contributed by atoms with Crippen LogP contribution in [0.2, 0.25) is 0 Å². The van der Waals surface area contributed by atoms with E-state index in [-0.39, 0.29) is 11.9 Å². The highest BCUT2D eigenvalue weighted by Gasteiger charge is 2.14. The van der Waals surface area contributed by atoms with Gasteiger partial charge < -0.3 is 4.42 Å². The maximum atomic E-state index is 12.6. The van der Waals surface area contributed by atoms with Crippen molar-refractivity contribution in [1.29, 1.82) is 0 Å². The molecule has 0 aliphatic rings. The lowest BCUT2D eigenvalue weighted by Crippen LogP contribution is -2.12. The molecule has 1 aromatic heterocycles. The first-order valence-corrected chi connectivity index (χ1v) is 8.78. The highest BCUT2D eigenvalue weighted by atomic mass is 16.4. The van der Waals surface area contributed by atoms with E-state index in [2.05, 4.69) is 47.6 Å². The number of amides is 1. The second-order valence-electron chi connectivity index (χ2n) is 6.59. The van der Waals surface area contributed by atoms with Gasteiger partial charge in [-0.05, 0) is 41.8 Å². The standard InChI is InChI=1S/C22H19N3O2/c1-14-10-11-17(15(2)12-14)13-20-24-25-22(27-20)23-21(26)19-9-5-7-16-6-3-4-8-18(16)19/h3-12H,13H2,1-2H3,(H,23,25,26). The van der Waals surface area contributed by atoms with Crippen LogP contribution in [-0.2, 0) is 6.42 Å². The minimum atomic E-state index is -0.270. The summed E-state index contributed by atoms with van der Waals surface area (Å²) in [7, 11) is 0. The summed E-state index contributed by atoms with van der Waals surface area (Å²) in [5, 5.41) is 12.6. The van der Waals surface area contributed by atoms with Crippen molar-refractivity contribution < 1.29 is 9.21 Å². The first kappa shape index (κ1) is 17.0. The van der Waals surface area contributed by atoms with Gasteiger partial charge in [-0.3, -0.25) is 10.1 Å². The van der Waals surface area contributed by atoms with Crippen LogP contribution in [0, 0.1) is 13.8 Å². The van der Waals surface area contributed by atoms with E-state index in [4.69, 9.17) is 4.42 Å². The number of nitrogens with one attached hydrogen (secondary N) is 1. The molecule has 0 bridgehead atoms. The molecule has 0 aliphatic carbocycles. The summed E-state index contributed by atoms with van der Waals surface area (Å²) in [4.78, 5) is 12.6. The number of aryl methyl sites for hydroxylation is 2. The van der Waals surface area contributed by atoms with E-state index in [0.29, 0.717) is 17.9 Å². The van der Waals surface area contributed by atoms with E-state index < -0.39 is 0 Å². The van der Waals surface area contributed by atoms with Crippen molar-refractivity contribution in [1.82, 2.24) is 10.2 Å². The summed E-state index contributed by atoms with van der Waals surface area (Å²) < 4.78 is 5.62. The first-order valence-electron chi connectivity index (χ1n) is 8.78. The minimum absolute atomic E-state index is 0.104. The van der Waals surface area contributed by atoms with Crippen molar-refractivity contribution in [3.05, 3.63) is 88.8 Å². The van der Waals surface area contributed by atoms with E-state index in [1.807, 2.05) is 36.4 Å². The topological polar surface area (TPSA) is 68.0 Å². The Morgan fingerprint density at radius 1 is 1.00 bits per heavy atom. The highest BCUT2D eigenvalue weighted by Crippen LogP contribution is 2.20. The van der Waals surface area contributed by atoms with Gasteiger partial charge in [0.2, 0.25) is 5.89 Å². The monoisotopic (exact) mass is 357 g/mol. The van der Waals surface area contributed by atoms with Crippen LogP contribution in [0.25, 0.3) is 10.8 Å². The Bertz CT molecular complexity index is 1130. The molecule has 5 heteroatoms. The minimum Gasteiger partial charge on any atom is -0.407 e. The third-order valence-corrected chi connectivity index (χ3v) is 4.56. The summed E-state index contributed by atoms with van der Waals surface area (Å²) in [6.07, 6.45) is 0.531. The van der Waals surface area contributed by atoms with E-state index in [1.165, 1.54) is 11.1 Å². The molecule has 4 aromatic rings. The van der Waals surface area contributed by atoms with Gasteiger partial charge in [0.1, 0.15) is 0 Å². The number of anilines is 1. The zero-order valence-electron chi connectivity index (χ0n) is 15.2. The molecule has 3 aromatic carbocycles. The Kier molecular flexibility index (Phi) is 4.42. The van der Waals surface area contributed by atoms with Crippen LogP contribution in [0.1, 0.15) is 32.9 Å². The second kappa shape index (κ2) is 7.03. The van der Waals surface area contributed by atoms with Crippen LogP contribution in [-0.4, -0.2) is 16.1 Å². The molecule has 0 unspecified atom stereocenters. The van der Waals surface area contributed by atoms with Crippen molar-refractivity contribution in [2.45, 2.75) is 20.3 Å². The fourth-order valence-electron chi connectivity index (χ4n) is 3.17. The Morgan fingerprint density at radius 2 is 1.81 bits per heavy atom. The fraction of sp³-hybridized carbons (Fsp3) is 0.136. The third kappa shape index (κ3) is 3.58. The molecule has 0 fully saturated rings. The number of aromatic nitrogens is 2. The molecule has 5 nitrogen and oxygen atoms in total. The lowest BCUT2D eigenvalue weighted by molar-refractivity contribution is 0.102. The lowest BCUT2D eigenvalue weighted by Gasteiger charge is -2.05. The Morgan fingerprint density at radius 3 is 2.67 bits per heavy atom. The van der Waals surface area contributed by atoms with Gasteiger partial charge in [0, 0.05) is 5.56 Å². The predicted octanol–water partition coefficient (Wildman–Crippen LogP) is 4.68. The molecular formula is C22H19N3O2. The van der Waals surface area contributed by atoms with Gasteiger partial charge in [0.05, 0.1) is 6.42 Å². The van der Waals surface area contributed by atoms with Gasteiger partial charge in [-0.2, -0.15) is 0 Å². The molecule has 0 spiro atoms.